The summed E-state index contributed by atoms with van der Waals surface area (Å²) in [6, 6.07) is 9.09. The van der Waals surface area contributed by atoms with Gasteiger partial charge in [0.1, 0.15) is 17.4 Å². The van der Waals surface area contributed by atoms with Crippen molar-refractivity contribution in [2.75, 3.05) is 7.11 Å². The summed E-state index contributed by atoms with van der Waals surface area (Å²) in [6.07, 6.45) is 0. The van der Waals surface area contributed by atoms with Crippen molar-refractivity contribution >= 4 is 27.5 Å². The Bertz CT molecular complexity index is 604. The molecular weight excluding hydrogens is 338 g/mol. The van der Waals surface area contributed by atoms with Crippen LogP contribution < -0.4 is 4.74 Å². The van der Waals surface area contributed by atoms with Crippen LogP contribution in [0.15, 0.2) is 40.9 Å². The van der Waals surface area contributed by atoms with Crippen molar-refractivity contribution in [1.29, 1.82) is 0 Å². The van der Waals surface area contributed by atoms with Gasteiger partial charge in [-0.25, -0.2) is 8.78 Å². The quantitative estimate of drug-likeness (QED) is 0.557. The molecule has 0 aliphatic rings. The minimum Gasteiger partial charge on any atom is -0.497 e. The van der Waals surface area contributed by atoms with E-state index >= 15 is 0 Å². The van der Waals surface area contributed by atoms with Gasteiger partial charge >= 0.3 is 0 Å². The second kappa shape index (κ2) is 5.88. The van der Waals surface area contributed by atoms with E-state index < -0.39 is 17.0 Å². The molecule has 1 atom stereocenters. The normalized spacial score (nSPS) is 12.3. The molecule has 0 saturated carbocycles. The predicted octanol–water partition coefficient (Wildman–Crippen LogP) is 5.06. The van der Waals surface area contributed by atoms with E-state index in [4.69, 9.17) is 16.3 Å². The average molecular weight is 348 g/mol. The Morgan fingerprint density at radius 1 is 1.16 bits per heavy atom. The van der Waals surface area contributed by atoms with Gasteiger partial charge in [0.05, 0.1) is 17.0 Å². The molecule has 0 aliphatic carbocycles. The fraction of sp³-hybridized carbons (Fsp3) is 0.143. The van der Waals surface area contributed by atoms with Gasteiger partial charge in [0.2, 0.25) is 0 Å². The Kier molecular flexibility index (Phi) is 4.42. The fourth-order valence-electron chi connectivity index (χ4n) is 1.71. The van der Waals surface area contributed by atoms with Crippen molar-refractivity contribution in [2.45, 2.75) is 5.38 Å². The number of alkyl halides is 1. The maximum absolute atomic E-state index is 13.8. The zero-order chi connectivity index (χ0) is 14.0. The first kappa shape index (κ1) is 14.3. The first-order chi connectivity index (χ1) is 9.02. The maximum atomic E-state index is 13.8. The molecule has 0 spiro atoms. The Morgan fingerprint density at radius 2 is 1.89 bits per heavy atom. The highest BCUT2D eigenvalue weighted by Gasteiger charge is 2.18. The van der Waals surface area contributed by atoms with Crippen molar-refractivity contribution in [3.8, 4) is 5.75 Å². The molecule has 2 rings (SSSR count). The van der Waals surface area contributed by atoms with Crippen LogP contribution in [-0.4, -0.2) is 7.11 Å². The monoisotopic (exact) mass is 346 g/mol. The molecule has 0 aromatic heterocycles. The second-order valence-electron chi connectivity index (χ2n) is 3.93. The van der Waals surface area contributed by atoms with Crippen molar-refractivity contribution in [2.24, 2.45) is 0 Å². The molecule has 2 aromatic carbocycles. The number of methoxy groups -OCH3 is 1. The van der Waals surface area contributed by atoms with Crippen LogP contribution in [0.2, 0.25) is 0 Å². The van der Waals surface area contributed by atoms with Crippen molar-refractivity contribution in [3.63, 3.8) is 0 Å². The molecule has 0 heterocycles. The largest absolute Gasteiger partial charge is 0.497 e. The lowest BCUT2D eigenvalue weighted by Gasteiger charge is -2.13. The minimum atomic E-state index is -0.780. The number of hydrogen-bond acceptors (Lipinski definition) is 1. The topological polar surface area (TPSA) is 9.23 Å². The molecule has 19 heavy (non-hydrogen) atoms. The molecular formula is C14H10BrClF2O. The van der Waals surface area contributed by atoms with Gasteiger partial charge in [0.15, 0.2) is 0 Å². The Labute approximate surface area is 123 Å². The fourth-order valence-corrected chi connectivity index (χ4v) is 2.33. The number of hydrogen-bond donors (Lipinski definition) is 0. The van der Waals surface area contributed by atoms with Gasteiger partial charge in [-0.15, -0.1) is 11.6 Å². The summed E-state index contributed by atoms with van der Waals surface area (Å²) in [4.78, 5) is 0. The molecule has 5 heteroatoms. The smallest absolute Gasteiger partial charge is 0.137 e. The van der Waals surface area contributed by atoms with E-state index in [1.165, 1.54) is 7.11 Å². The van der Waals surface area contributed by atoms with Gasteiger partial charge in [-0.05, 0) is 45.8 Å². The molecule has 1 nitrogen and oxygen atoms in total. The number of ether oxygens (including phenoxy) is 1. The molecule has 1 unspecified atom stereocenters. The van der Waals surface area contributed by atoms with E-state index in [2.05, 4.69) is 15.9 Å². The summed E-state index contributed by atoms with van der Waals surface area (Å²) >= 11 is 9.14. The van der Waals surface area contributed by atoms with Gasteiger partial charge in [-0.1, -0.05) is 12.1 Å². The van der Waals surface area contributed by atoms with Crippen LogP contribution in [0.25, 0.3) is 0 Å². The second-order valence-corrected chi connectivity index (χ2v) is 5.22. The van der Waals surface area contributed by atoms with Gasteiger partial charge in [-0.2, -0.15) is 0 Å². The van der Waals surface area contributed by atoms with Gasteiger partial charge in [0.25, 0.3) is 0 Å². The number of rotatable bonds is 3. The van der Waals surface area contributed by atoms with Crippen LogP contribution in [0.4, 0.5) is 8.78 Å². The maximum Gasteiger partial charge on any atom is 0.137 e. The van der Waals surface area contributed by atoms with Crippen LogP contribution >= 0.6 is 27.5 Å². The minimum absolute atomic E-state index is 0.0725. The molecule has 0 radical (unpaired) electrons. The highest BCUT2D eigenvalue weighted by atomic mass is 79.9. The van der Waals surface area contributed by atoms with Crippen molar-refractivity contribution < 1.29 is 13.5 Å². The SMILES string of the molecule is COc1cccc(C(Cl)c2cc(F)c(Br)cc2F)c1. The third-order valence-electron chi connectivity index (χ3n) is 2.70. The van der Waals surface area contributed by atoms with Crippen LogP contribution in [0.1, 0.15) is 16.5 Å². The summed E-state index contributed by atoms with van der Waals surface area (Å²) in [7, 11) is 1.53. The molecule has 0 amide bonds. The Hall–Kier alpha value is -1.13. The van der Waals surface area contributed by atoms with Gasteiger partial charge in [0, 0.05) is 5.56 Å². The molecule has 0 saturated heterocycles. The lowest BCUT2D eigenvalue weighted by Crippen LogP contribution is -1.99. The summed E-state index contributed by atoms with van der Waals surface area (Å²) in [5, 5.41) is -0.780. The molecule has 0 fully saturated rings. The van der Waals surface area contributed by atoms with Crippen LogP contribution in [0.3, 0.4) is 0 Å². The summed E-state index contributed by atoms with van der Waals surface area (Å²) in [6.45, 7) is 0. The predicted molar refractivity (Wildman–Crippen MR) is 74.7 cm³/mol. The van der Waals surface area contributed by atoms with Crippen molar-refractivity contribution in [3.05, 3.63) is 63.6 Å². The van der Waals surface area contributed by atoms with E-state index in [0.29, 0.717) is 11.3 Å². The van der Waals surface area contributed by atoms with Crippen LogP contribution in [-0.2, 0) is 0 Å². The highest BCUT2D eigenvalue weighted by molar-refractivity contribution is 9.10. The van der Waals surface area contributed by atoms with E-state index in [9.17, 15) is 8.78 Å². The lowest BCUT2D eigenvalue weighted by atomic mass is 10.0. The molecule has 100 valence electrons. The van der Waals surface area contributed by atoms with E-state index in [1.807, 2.05) is 0 Å². The first-order valence-electron chi connectivity index (χ1n) is 5.45. The zero-order valence-electron chi connectivity index (χ0n) is 9.96. The first-order valence-corrected chi connectivity index (χ1v) is 6.68. The van der Waals surface area contributed by atoms with Crippen LogP contribution in [0, 0.1) is 11.6 Å². The van der Waals surface area contributed by atoms with Gasteiger partial charge < -0.3 is 4.74 Å². The van der Waals surface area contributed by atoms with E-state index in [-0.39, 0.29) is 10.0 Å². The third-order valence-corrected chi connectivity index (χ3v) is 3.79. The van der Waals surface area contributed by atoms with E-state index in [0.717, 1.165) is 12.1 Å². The highest BCUT2D eigenvalue weighted by Crippen LogP contribution is 2.34. The summed E-state index contributed by atoms with van der Waals surface area (Å²) in [5.74, 6) is -0.498. The Morgan fingerprint density at radius 3 is 2.58 bits per heavy atom. The van der Waals surface area contributed by atoms with Gasteiger partial charge in [-0.3, -0.25) is 0 Å². The zero-order valence-corrected chi connectivity index (χ0v) is 12.3. The molecule has 2 aromatic rings. The lowest BCUT2D eigenvalue weighted by molar-refractivity contribution is 0.414. The van der Waals surface area contributed by atoms with Crippen molar-refractivity contribution in [1.82, 2.24) is 0 Å². The summed E-state index contributed by atoms with van der Waals surface area (Å²) in [5.41, 5.74) is 0.734. The molecule has 0 N–H and O–H groups in total. The molecule has 0 aliphatic heterocycles. The molecule has 0 bridgehead atoms. The Balaban J connectivity index is 2.43. The number of benzene rings is 2. The standard InChI is InChI=1S/C14H10BrClF2O/c1-19-9-4-2-3-8(5-9)14(16)10-6-13(18)11(15)7-12(10)17/h2-7,14H,1H3. The number of halogens is 4. The third kappa shape index (κ3) is 3.07. The average Bonchev–Trinajstić information content (AvgIpc) is 2.42. The van der Waals surface area contributed by atoms with Crippen LogP contribution in [0.5, 0.6) is 5.75 Å². The van der Waals surface area contributed by atoms with E-state index in [1.54, 1.807) is 24.3 Å². The summed E-state index contributed by atoms with van der Waals surface area (Å²) < 4.78 is 32.5.